The Morgan fingerprint density at radius 2 is 1.88 bits per heavy atom. The molecule has 0 spiro atoms. The van der Waals surface area contributed by atoms with Crippen molar-refractivity contribution in [1.82, 2.24) is 4.90 Å². The van der Waals surface area contributed by atoms with E-state index in [-0.39, 0.29) is 5.91 Å². The van der Waals surface area contributed by atoms with Crippen LogP contribution in [0.25, 0.3) is 0 Å². The first-order valence-corrected chi connectivity index (χ1v) is 5.37. The average Bonchev–Trinajstić information content (AvgIpc) is 2.76. The third-order valence-electron chi connectivity index (χ3n) is 2.56. The zero-order chi connectivity index (χ0) is 12.3. The fraction of sp³-hybridized carbons (Fsp3) is 0.333. The summed E-state index contributed by atoms with van der Waals surface area (Å²) in [5.74, 6) is 0.904. The summed E-state index contributed by atoms with van der Waals surface area (Å²) in [6.45, 7) is 0.438. The maximum absolute atomic E-state index is 11.6. The van der Waals surface area contributed by atoms with Crippen LogP contribution in [0.1, 0.15) is 12.8 Å². The van der Waals surface area contributed by atoms with E-state index in [2.05, 4.69) is 0 Å². The maximum atomic E-state index is 11.6. The summed E-state index contributed by atoms with van der Waals surface area (Å²) < 4.78 is 10.1. The van der Waals surface area contributed by atoms with Crippen LogP contribution in [0.2, 0.25) is 0 Å². The van der Waals surface area contributed by atoms with E-state index < -0.39 is 6.09 Å². The zero-order valence-corrected chi connectivity index (χ0v) is 9.51. The highest BCUT2D eigenvalue weighted by molar-refractivity contribution is 5.94. The van der Waals surface area contributed by atoms with E-state index in [1.807, 2.05) is 0 Å². The Balaban J connectivity index is 2.00. The predicted octanol–water partition coefficient (Wildman–Crippen LogP) is 1.82. The number of ether oxygens (including phenoxy) is 2. The van der Waals surface area contributed by atoms with Crippen molar-refractivity contribution in [2.24, 2.45) is 0 Å². The molecule has 0 radical (unpaired) electrons. The van der Waals surface area contributed by atoms with E-state index >= 15 is 0 Å². The molecule has 0 aromatic heterocycles. The van der Waals surface area contributed by atoms with Gasteiger partial charge in [0.15, 0.2) is 0 Å². The number of hydrogen-bond donors (Lipinski definition) is 0. The average molecular weight is 235 g/mol. The molecule has 1 saturated heterocycles. The second kappa shape index (κ2) is 4.86. The topological polar surface area (TPSA) is 55.8 Å². The Labute approximate surface area is 98.9 Å². The van der Waals surface area contributed by atoms with Crippen molar-refractivity contribution in [3.05, 3.63) is 24.3 Å². The van der Waals surface area contributed by atoms with Gasteiger partial charge in [0.05, 0.1) is 7.11 Å². The lowest BCUT2D eigenvalue weighted by molar-refractivity contribution is -0.125. The van der Waals surface area contributed by atoms with Gasteiger partial charge in [0.1, 0.15) is 11.5 Å². The normalized spacial score (nSPS) is 14.9. The summed E-state index contributed by atoms with van der Waals surface area (Å²) >= 11 is 0. The van der Waals surface area contributed by atoms with Crippen molar-refractivity contribution < 1.29 is 19.1 Å². The van der Waals surface area contributed by atoms with Gasteiger partial charge in [0.2, 0.25) is 5.91 Å². The van der Waals surface area contributed by atoms with E-state index in [4.69, 9.17) is 9.47 Å². The zero-order valence-electron chi connectivity index (χ0n) is 9.51. The smallest absolute Gasteiger partial charge is 0.421 e. The van der Waals surface area contributed by atoms with Gasteiger partial charge in [-0.05, 0) is 30.7 Å². The largest absolute Gasteiger partial charge is 0.497 e. The minimum atomic E-state index is -0.613. The lowest BCUT2D eigenvalue weighted by atomic mass is 10.3. The van der Waals surface area contributed by atoms with Gasteiger partial charge in [0, 0.05) is 13.0 Å². The van der Waals surface area contributed by atoms with Gasteiger partial charge in [0.25, 0.3) is 0 Å². The van der Waals surface area contributed by atoms with Crippen LogP contribution in [0.4, 0.5) is 4.79 Å². The fourth-order valence-electron chi connectivity index (χ4n) is 1.64. The summed E-state index contributed by atoms with van der Waals surface area (Å²) in [4.78, 5) is 24.1. The van der Waals surface area contributed by atoms with Crippen molar-refractivity contribution in [2.75, 3.05) is 13.7 Å². The molecular formula is C12H13NO4. The lowest BCUT2D eigenvalue weighted by Gasteiger charge is -2.13. The lowest BCUT2D eigenvalue weighted by Crippen LogP contribution is -2.34. The highest BCUT2D eigenvalue weighted by atomic mass is 16.6. The molecule has 1 aromatic rings. The van der Waals surface area contributed by atoms with Crippen LogP contribution in [0.5, 0.6) is 11.5 Å². The third-order valence-corrected chi connectivity index (χ3v) is 2.56. The second-order valence-electron chi connectivity index (χ2n) is 3.69. The van der Waals surface area contributed by atoms with E-state index in [0.29, 0.717) is 30.9 Å². The monoisotopic (exact) mass is 235 g/mol. The summed E-state index contributed by atoms with van der Waals surface area (Å²) in [7, 11) is 1.56. The number of methoxy groups -OCH3 is 1. The molecule has 2 amide bonds. The molecule has 1 aliphatic rings. The molecular weight excluding hydrogens is 222 g/mol. The van der Waals surface area contributed by atoms with Crippen molar-refractivity contribution in [2.45, 2.75) is 12.8 Å². The predicted molar refractivity (Wildman–Crippen MR) is 60.0 cm³/mol. The Bertz CT molecular complexity index is 427. The Hall–Kier alpha value is -2.04. The second-order valence-corrected chi connectivity index (χ2v) is 3.69. The molecule has 90 valence electrons. The third kappa shape index (κ3) is 2.55. The van der Waals surface area contributed by atoms with Crippen LogP contribution in [0.3, 0.4) is 0 Å². The Morgan fingerprint density at radius 1 is 1.24 bits per heavy atom. The maximum Gasteiger partial charge on any atom is 0.421 e. The van der Waals surface area contributed by atoms with Gasteiger partial charge < -0.3 is 9.47 Å². The molecule has 1 aliphatic heterocycles. The number of benzene rings is 1. The molecule has 0 aliphatic carbocycles. The summed E-state index contributed by atoms with van der Waals surface area (Å²) in [5, 5.41) is 0. The SMILES string of the molecule is COc1ccc(OC(=O)N2CCCC2=O)cc1. The highest BCUT2D eigenvalue weighted by Gasteiger charge is 2.27. The molecule has 1 heterocycles. The molecule has 17 heavy (non-hydrogen) atoms. The van der Waals surface area contributed by atoms with E-state index in [9.17, 15) is 9.59 Å². The van der Waals surface area contributed by atoms with Crippen molar-refractivity contribution >= 4 is 12.0 Å². The first-order valence-electron chi connectivity index (χ1n) is 5.37. The molecule has 0 atom stereocenters. The highest BCUT2D eigenvalue weighted by Crippen LogP contribution is 2.19. The number of rotatable bonds is 2. The molecule has 0 bridgehead atoms. The van der Waals surface area contributed by atoms with Gasteiger partial charge in [-0.25, -0.2) is 9.69 Å². The standard InChI is InChI=1S/C12H13NO4/c1-16-9-4-6-10(7-5-9)17-12(15)13-8-2-3-11(13)14/h4-7H,2-3,8H2,1H3. The number of carbonyl (C=O) groups excluding carboxylic acids is 2. The molecule has 0 unspecified atom stereocenters. The molecule has 5 heteroatoms. The number of likely N-dealkylation sites (tertiary alicyclic amines) is 1. The van der Waals surface area contributed by atoms with E-state index in [0.717, 1.165) is 4.90 Å². The van der Waals surface area contributed by atoms with E-state index in [1.165, 1.54) is 0 Å². The van der Waals surface area contributed by atoms with Crippen LogP contribution >= 0.6 is 0 Å². The summed E-state index contributed by atoms with van der Waals surface area (Å²) in [5.41, 5.74) is 0. The van der Waals surface area contributed by atoms with Gasteiger partial charge in [-0.15, -0.1) is 0 Å². The summed E-state index contributed by atoms with van der Waals surface area (Å²) in [6.07, 6.45) is 0.506. The van der Waals surface area contributed by atoms with Crippen molar-refractivity contribution in [1.29, 1.82) is 0 Å². The first kappa shape index (κ1) is 11.4. The van der Waals surface area contributed by atoms with Gasteiger partial charge in [-0.1, -0.05) is 0 Å². The number of nitrogens with zero attached hydrogens (tertiary/aromatic N) is 1. The number of amides is 2. The molecule has 1 aromatic carbocycles. The van der Waals surface area contributed by atoms with Gasteiger partial charge >= 0.3 is 6.09 Å². The number of imide groups is 1. The van der Waals surface area contributed by atoms with Crippen LogP contribution in [-0.2, 0) is 4.79 Å². The quantitative estimate of drug-likeness (QED) is 0.784. The first-order chi connectivity index (χ1) is 8.20. The van der Waals surface area contributed by atoms with Crippen LogP contribution < -0.4 is 9.47 Å². The number of hydrogen-bond acceptors (Lipinski definition) is 4. The van der Waals surface area contributed by atoms with Gasteiger partial charge in [-0.3, -0.25) is 4.79 Å². The molecule has 2 rings (SSSR count). The molecule has 5 nitrogen and oxygen atoms in total. The Morgan fingerprint density at radius 3 is 2.41 bits per heavy atom. The fourth-order valence-corrected chi connectivity index (χ4v) is 1.64. The molecule has 1 fully saturated rings. The minimum Gasteiger partial charge on any atom is -0.497 e. The summed E-state index contributed by atoms with van der Waals surface area (Å²) in [6, 6.07) is 6.62. The van der Waals surface area contributed by atoms with Crippen molar-refractivity contribution in [3.63, 3.8) is 0 Å². The molecule has 0 saturated carbocycles. The van der Waals surface area contributed by atoms with Crippen LogP contribution in [0, 0.1) is 0 Å². The van der Waals surface area contributed by atoms with Crippen molar-refractivity contribution in [3.8, 4) is 11.5 Å². The van der Waals surface area contributed by atoms with E-state index in [1.54, 1.807) is 31.4 Å². The minimum absolute atomic E-state index is 0.177. The van der Waals surface area contributed by atoms with Crippen LogP contribution in [-0.4, -0.2) is 30.6 Å². The Kier molecular flexibility index (Phi) is 3.27. The van der Waals surface area contributed by atoms with Crippen LogP contribution in [0.15, 0.2) is 24.3 Å². The van der Waals surface area contributed by atoms with Gasteiger partial charge in [-0.2, -0.15) is 0 Å². The molecule has 0 N–H and O–H groups in total. The number of carbonyl (C=O) groups is 2.